The van der Waals surface area contributed by atoms with Gasteiger partial charge in [-0.3, -0.25) is 4.89 Å². The van der Waals surface area contributed by atoms with Crippen molar-refractivity contribution in [1.82, 2.24) is 0 Å². The smallest absolute Gasteiger partial charge is 0.295 e. The monoisotopic (exact) mass is 462 g/mol. The van der Waals surface area contributed by atoms with Crippen molar-refractivity contribution in [3.05, 3.63) is 95.1 Å². The van der Waals surface area contributed by atoms with E-state index < -0.39 is 17.2 Å². The number of carbonyl (C=O) groups excluding carboxylic acids is 1. The molecule has 3 aromatic rings. The van der Waals surface area contributed by atoms with E-state index in [2.05, 4.69) is 25.7 Å². The first kappa shape index (κ1) is 25.6. The van der Waals surface area contributed by atoms with Crippen LogP contribution in [0.2, 0.25) is 0 Å². The third-order valence-corrected chi connectivity index (χ3v) is 5.98. The van der Waals surface area contributed by atoms with Gasteiger partial charge in [-0.25, -0.2) is 14.6 Å². The van der Waals surface area contributed by atoms with E-state index in [1.54, 1.807) is 6.07 Å². The molecule has 0 heterocycles. The molecule has 34 heavy (non-hydrogen) atoms. The molecule has 180 valence electrons. The Morgan fingerprint density at radius 3 is 1.88 bits per heavy atom. The summed E-state index contributed by atoms with van der Waals surface area (Å²) >= 11 is 0. The molecule has 0 aliphatic rings. The highest BCUT2D eigenvalue weighted by Gasteiger charge is 2.32. The summed E-state index contributed by atoms with van der Waals surface area (Å²) in [6, 6.07) is 23.2. The normalized spacial score (nSPS) is 12.5. The predicted octanol–water partition coefficient (Wildman–Crippen LogP) is 7.40. The molecular weight excluding hydrogens is 428 g/mol. The zero-order valence-corrected chi connectivity index (χ0v) is 21.0. The van der Waals surface area contributed by atoms with Crippen molar-refractivity contribution in [3.63, 3.8) is 0 Å². The van der Waals surface area contributed by atoms with E-state index in [4.69, 9.17) is 9.78 Å². The number of hydrogen-bond donors (Lipinski definition) is 1. The summed E-state index contributed by atoms with van der Waals surface area (Å²) in [5, 5.41) is 9.17. The number of hydrogen-bond acceptors (Lipinski definition) is 5. The lowest BCUT2D eigenvalue weighted by atomic mass is 9.82. The third-order valence-electron chi connectivity index (χ3n) is 5.98. The lowest BCUT2D eigenvalue weighted by Gasteiger charge is -2.32. The molecule has 0 bridgehead atoms. The average molecular weight is 463 g/mol. The van der Waals surface area contributed by atoms with Crippen LogP contribution >= 0.6 is 0 Å². The van der Waals surface area contributed by atoms with Crippen LogP contribution in [0.25, 0.3) is 11.1 Å². The van der Waals surface area contributed by atoms with Crippen LogP contribution in [-0.2, 0) is 31.3 Å². The molecule has 1 N–H and O–H groups in total. The molecular formula is C29H34O5. The van der Waals surface area contributed by atoms with Gasteiger partial charge in [0, 0.05) is 0 Å². The standard InChI is InChI=1S/C29H34O5/c1-27(2,3)21-17-18-22(24(19-21)26(30)32-31)23-15-11-12-16-25(23)29(6,7)34-33-28(4,5)20-13-9-8-10-14-20/h8-19,31H,1-7H3. The van der Waals surface area contributed by atoms with Gasteiger partial charge in [-0.2, -0.15) is 5.26 Å². The van der Waals surface area contributed by atoms with Crippen LogP contribution < -0.4 is 0 Å². The number of rotatable bonds is 7. The minimum atomic E-state index is -0.855. The van der Waals surface area contributed by atoms with Gasteiger partial charge in [0.05, 0.1) is 5.56 Å². The molecule has 5 heteroatoms. The Kier molecular flexibility index (Phi) is 7.32. The maximum Gasteiger partial charge on any atom is 0.373 e. The van der Waals surface area contributed by atoms with E-state index in [0.29, 0.717) is 5.56 Å². The first-order valence-electron chi connectivity index (χ1n) is 11.4. The lowest BCUT2D eigenvalue weighted by Crippen LogP contribution is -2.30. The zero-order chi connectivity index (χ0) is 25.1. The summed E-state index contributed by atoms with van der Waals surface area (Å²) in [6.45, 7) is 13.9. The lowest BCUT2D eigenvalue weighted by molar-refractivity contribution is -0.410. The largest absolute Gasteiger partial charge is 0.373 e. The highest BCUT2D eigenvalue weighted by Crippen LogP contribution is 2.39. The fraction of sp³-hybridized carbons (Fsp3) is 0.345. The molecule has 3 aromatic carbocycles. The van der Waals surface area contributed by atoms with Crippen LogP contribution in [0.15, 0.2) is 72.8 Å². The second-order valence-electron chi connectivity index (χ2n) is 10.5. The van der Waals surface area contributed by atoms with E-state index in [1.807, 2.05) is 94.4 Å². The van der Waals surface area contributed by atoms with Gasteiger partial charge in [0.1, 0.15) is 11.2 Å². The highest BCUT2D eigenvalue weighted by atomic mass is 17.2. The summed E-state index contributed by atoms with van der Waals surface area (Å²) in [5.41, 5.74) is 2.78. The Bertz CT molecular complexity index is 1140. The quantitative estimate of drug-likeness (QED) is 0.293. The Labute approximate surface area is 202 Å². The number of benzene rings is 3. The van der Waals surface area contributed by atoms with Crippen LogP contribution in [0, 0.1) is 0 Å². The van der Waals surface area contributed by atoms with Crippen LogP contribution in [0.4, 0.5) is 0 Å². The van der Waals surface area contributed by atoms with Crippen LogP contribution in [0.3, 0.4) is 0 Å². The molecule has 3 rings (SSSR count). The van der Waals surface area contributed by atoms with Crippen LogP contribution in [0.5, 0.6) is 0 Å². The third kappa shape index (κ3) is 5.55. The van der Waals surface area contributed by atoms with Gasteiger partial charge in [-0.05, 0) is 67.0 Å². The minimum Gasteiger partial charge on any atom is -0.295 e. The summed E-state index contributed by atoms with van der Waals surface area (Å²) in [4.78, 5) is 28.7. The van der Waals surface area contributed by atoms with Crippen molar-refractivity contribution in [1.29, 1.82) is 0 Å². The number of carbonyl (C=O) groups is 1. The first-order valence-corrected chi connectivity index (χ1v) is 11.4. The minimum absolute atomic E-state index is 0.179. The van der Waals surface area contributed by atoms with Gasteiger partial charge in [0.15, 0.2) is 0 Å². The Hall–Kier alpha value is -2.99. The molecule has 0 fully saturated rings. The van der Waals surface area contributed by atoms with E-state index in [9.17, 15) is 10.1 Å². The van der Waals surface area contributed by atoms with Gasteiger partial charge < -0.3 is 0 Å². The van der Waals surface area contributed by atoms with E-state index in [1.165, 1.54) is 0 Å². The molecule has 0 atom stereocenters. The second-order valence-corrected chi connectivity index (χ2v) is 10.5. The summed E-state index contributed by atoms with van der Waals surface area (Å²) in [6.07, 6.45) is 0. The second kappa shape index (κ2) is 9.71. The van der Waals surface area contributed by atoms with E-state index >= 15 is 0 Å². The van der Waals surface area contributed by atoms with Crippen molar-refractivity contribution in [2.24, 2.45) is 0 Å². The Balaban J connectivity index is 2.02. The van der Waals surface area contributed by atoms with Crippen molar-refractivity contribution in [2.75, 3.05) is 0 Å². The molecule has 0 unspecified atom stereocenters. The van der Waals surface area contributed by atoms with Crippen molar-refractivity contribution in [2.45, 2.75) is 65.1 Å². The van der Waals surface area contributed by atoms with Gasteiger partial charge in [0.2, 0.25) is 0 Å². The Morgan fingerprint density at radius 1 is 0.676 bits per heavy atom. The highest BCUT2D eigenvalue weighted by molar-refractivity contribution is 5.97. The molecule has 5 nitrogen and oxygen atoms in total. The Morgan fingerprint density at radius 2 is 1.26 bits per heavy atom. The maximum absolute atomic E-state index is 12.5. The summed E-state index contributed by atoms with van der Waals surface area (Å²) < 4.78 is 0. The molecule has 0 radical (unpaired) electrons. The predicted molar refractivity (Wildman–Crippen MR) is 133 cm³/mol. The maximum atomic E-state index is 12.5. The van der Waals surface area contributed by atoms with Crippen LogP contribution in [-0.4, -0.2) is 11.2 Å². The van der Waals surface area contributed by atoms with Crippen molar-refractivity contribution >= 4 is 5.97 Å². The van der Waals surface area contributed by atoms with Gasteiger partial charge in [-0.15, -0.1) is 0 Å². The zero-order valence-electron chi connectivity index (χ0n) is 21.0. The SMILES string of the molecule is CC(C)(C)c1ccc(-c2ccccc2C(C)(C)OOC(C)(C)c2ccccc2)c(C(=O)OO)c1. The van der Waals surface area contributed by atoms with Crippen molar-refractivity contribution < 1.29 is 24.7 Å². The van der Waals surface area contributed by atoms with Crippen LogP contribution in [0.1, 0.15) is 75.5 Å². The molecule has 0 amide bonds. The molecule has 0 spiro atoms. The molecule has 0 aliphatic heterocycles. The fourth-order valence-electron chi connectivity index (χ4n) is 3.85. The van der Waals surface area contributed by atoms with E-state index in [-0.39, 0.29) is 11.0 Å². The van der Waals surface area contributed by atoms with Gasteiger partial charge >= 0.3 is 5.97 Å². The van der Waals surface area contributed by atoms with Gasteiger partial charge in [-0.1, -0.05) is 87.5 Å². The fourth-order valence-corrected chi connectivity index (χ4v) is 3.85. The molecule has 0 saturated carbocycles. The topological polar surface area (TPSA) is 65.0 Å². The summed E-state index contributed by atoms with van der Waals surface area (Å²) in [7, 11) is 0. The first-order chi connectivity index (χ1) is 15.9. The molecule has 0 aromatic heterocycles. The van der Waals surface area contributed by atoms with E-state index in [0.717, 1.165) is 22.3 Å². The average Bonchev–Trinajstić information content (AvgIpc) is 2.82. The van der Waals surface area contributed by atoms with Crippen molar-refractivity contribution in [3.8, 4) is 11.1 Å². The van der Waals surface area contributed by atoms with Gasteiger partial charge in [0.25, 0.3) is 0 Å². The molecule has 0 aliphatic carbocycles. The molecule has 0 saturated heterocycles. The summed E-state index contributed by atoms with van der Waals surface area (Å²) in [5.74, 6) is -0.809.